The summed E-state index contributed by atoms with van der Waals surface area (Å²) < 4.78 is 14.0. The Balaban J connectivity index is 2.11. The van der Waals surface area contributed by atoms with Crippen molar-refractivity contribution >= 4 is 0 Å². The molecular weight excluding hydrogens is 263 g/mol. The Kier molecular flexibility index (Phi) is 3.47. The molecule has 2 nitrogen and oxygen atoms in total. The van der Waals surface area contributed by atoms with Gasteiger partial charge in [-0.25, -0.2) is 4.39 Å². The molecule has 1 aliphatic carbocycles. The van der Waals surface area contributed by atoms with E-state index in [4.69, 9.17) is 5.26 Å². The van der Waals surface area contributed by atoms with Crippen LogP contribution in [0, 0.1) is 30.0 Å². The molecule has 3 heteroatoms. The van der Waals surface area contributed by atoms with Crippen LogP contribution in [-0.4, -0.2) is 4.98 Å². The number of nitrogens with zero attached hydrogens (tertiary/aromatic N) is 2. The first-order valence-corrected chi connectivity index (χ1v) is 7.25. The minimum absolute atomic E-state index is 0.222. The number of nitriles is 1. The lowest BCUT2D eigenvalue weighted by Crippen LogP contribution is -2.02. The van der Waals surface area contributed by atoms with Gasteiger partial charge in [0.1, 0.15) is 11.9 Å². The molecule has 1 unspecified atom stereocenters. The Morgan fingerprint density at radius 3 is 2.71 bits per heavy atom. The molecule has 0 N–H and O–H groups in total. The third-order valence-corrected chi connectivity index (χ3v) is 4.41. The van der Waals surface area contributed by atoms with Crippen molar-refractivity contribution in [1.82, 2.24) is 4.98 Å². The fourth-order valence-corrected chi connectivity index (χ4v) is 2.97. The first-order chi connectivity index (χ1) is 10.1. The number of hydrogen-bond acceptors (Lipinski definition) is 2. The van der Waals surface area contributed by atoms with E-state index in [1.54, 1.807) is 18.3 Å². The second-order valence-electron chi connectivity index (χ2n) is 5.87. The molecule has 1 heterocycles. The van der Waals surface area contributed by atoms with Crippen molar-refractivity contribution in [3.63, 3.8) is 0 Å². The summed E-state index contributed by atoms with van der Waals surface area (Å²) >= 11 is 0. The van der Waals surface area contributed by atoms with Crippen LogP contribution in [-0.2, 0) is 0 Å². The number of pyridine rings is 1. The van der Waals surface area contributed by atoms with Gasteiger partial charge in [0.25, 0.3) is 0 Å². The molecule has 0 saturated heterocycles. The van der Waals surface area contributed by atoms with Crippen LogP contribution in [0.3, 0.4) is 0 Å². The van der Waals surface area contributed by atoms with E-state index in [1.807, 2.05) is 6.92 Å². The molecule has 21 heavy (non-hydrogen) atoms. The molecule has 1 aliphatic rings. The van der Waals surface area contributed by atoms with Crippen LogP contribution in [0.25, 0.3) is 11.1 Å². The molecule has 0 spiro atoms. The zero-order valence-corrected chi connectivity index (χ0v) is 12.2. The Labute approximate surface area is 124 Å². The second kappa shape index (κ2) is 5.29. The van der Waals surface area contributed by atoms with Crippen molar-refractivity contribution in [1.29, 1.82) is 5.26 Å². The zero-order valence-electron chi connectivity index (χ0n) is 12.2. The van der Waals surface area contributed by atoms with E-state index in [1.165, 1.54) is 25.1 Å². The summed E-state index contributed by atoms with van der Waals surface area (Å²) in [5.41, 5.74) is 4.30. The molecule has 1 atom stereocenters. The predicted octanol–water partition coefficient (Wildman–Crippen LogP) is 4.58. The van der Waals surface area contributed by atoms with E-state index >= 15 is 0 Å². The van der Waals surface area contributed by atoms with Gasteiger partial charge in [0.05, 0.1) is 5.56 Å². The molecular formula is C18H17FN2. The van der Waals surface area contributed by atoms with E-state index < -0.39 is 0 Å². The highest BCUT2D eigenvalue weighted by Crippen LogP contribution is 2.44. The molecule has 0 aliphatic heterocycles. The fraction of sp³-hybridized carbons (Fsp3) is 0.333. The van der Waals surface area contributed by atoms with E-state index in [0.29, 0.717) is 17.4 Å². The van der Waals surface area contributed by atoms with Crippen molar-refractivity contribution in [3.8, 4) is 17.2 Å². The standard InChI is InChI=1S/C18H17FN2/c1-11(14-3-4-14)17-6-16(19)7-18(12(17)2)15-5-13(8-20)9-21-10-15/h5-7,9-11,14H,3-4H2,1-2H3. The minimum atomic E-state index is -0.222. The van der Waals surface area contributed by atoms with Gasteiger partial charge >= 0.3 is 0 Å². The van der Waals surface area contributed by atoms with E-state index in [-0.39, 0.29) is 5.82 Å². The quantitative estimate of drug-likeness (QED) is 0.825. The van der Waals surface area contributed by atoms with E-state index in [2.05, 4.69) is 18.0 Å². The molecule has 0 radical (unpaired) electrons. The summed E-state index contributed by atoms with van der Waals surface area (Å²) in [5.74, 6) is 0.842. The number of halogens is 1. The Bertz CT molecular complexity index is 726. The highest BCUT2D eigenvalue weighted by Gasteiger charge is 2.30. The van der Waals surface area contributed by atoms with Crippen molar-refractivity contribution in [3.05, 3.63) is 53.1 Å². The van der Waals surface area contributed by atoms with Gasteiger partial charge in [-0.1, -0.05) is 6.92 Å². The van der Waals surface area contributed by atoms with Crippen molar-refractivity contribution in [2.75, 3.05) is 0 Å². The predicted molar refractivity (Wildman–Crippen MR) is 80.2 cm³/mol. The third-order valence-electron chi connectivity index (χ3n) is 4.41. The SMILES string of the molecule is Cc1c(-c2cncc(C#N)c2)cc(F)cc1C(C)C1CC1. The van der Waals surface area contributed by atoms with Crippen LogP contribution in [0.15, 0.2) is 30.6 Å². The maximum atomic E-state index is 14.0. The van der Waals surface area contributed by atoms with E-state index in [0.717, 1.165) is 22.3 Å². The monoisotopic (exact) mass is 280 g/mol. The molecule has 3 rings (SSSR count). The van der Waals surface area contributed by atoms with Crippen LogP contribution >= 0.6 is 0 Å². The lowest BCUT2D eigenvalue weighted by atomic mass is 9.88. The Morgan fingerprint density at radius 1 is 1.29 bits per heavy atom. The molecule has 1 saturated carbocycles. The average molecular weight is 280 g/mol. The van der Waals surface area contributed by atoms with Gasteiger partial charge in [0.2, 0.25) is 0 Å². The second-order valence-corrected chi connectivity index (χ2v) is 5.87. The summed E-state index contributed by atoms with van der Waals surface area (Å²) in [4.78, 5) is 4.08. The molecule has 2 aromatic rings. The van der Waals surface area contributed by atoms with Crippen LogP contribution in [0.5, 0.6) is 0 Å². The Hall–Kier alpha value is -2.21. The summed E-state index contributed by atoms with van der Waals surface area (Å²) in [6, 6.07) is 7.04. The molecule has 1 aromatic carbocycles. The maximum absolute atomic E-state index is 14.0. The van der Waals surface area contributed by atoms with Crippen LogP contribution in [0.2, 0.25) is 0 Å². The molecule has 1 aromatic heterocycles. The normalized spacial score (nSPS) is 15.5. The van der Waals surface area contributed by atoms with Gasteiger partial charge < -0.3 is 0 Å². The third kappa shape index (κ3) is 2.67. The summed E-state index contributed by atoms with van der Waals surface area (Å²) in [6.45, 7) is 4.20. The van der Waals surface area contributed by atoms with Crippen molar-refractivity contribution < 1.29 is 4.39 Å². The smallest absolute Gasteiger partial charge is 0.124 e. The van der Waals surface area contributed by atoms with Crippen molar-refractivity contribution in [2.45, 2.75) is 32.6 Å². The van der Waals surface area contributed by atoms with Crippen molar-refractivity contribution in [2.24, 2.45) is 5.92 Å². The topological polar surface area (TPSA) is 36.7 Å². The summed E-state index contributed by atoms with van der Waals surface area (Å²) in [6.07, 6.45) is 5.68. The number of benzene rings is 1. The fourth-order valence-electron chi connectivity index (χ4n) is 2.97. The van der Waals surface area contributed by atoms with Gasteiger partial charge in [-0.15, -0.1) is 0 Å². The van der Waals surface area contributed by atoms with Gasteiger partial charge in [-0.2, -0.15) is 5.26 Å². The minimum Gasteiger partial charge on any atom is -0.263 e. The van der Waals surface area contributed by atoms with Crippen LogP contribution in [0.4, 0.5) is 4.39 Å². The number of hydrogen-bond donors (Lipinski definition) is 0. The average Bonchev–Trinajstić information content (AvgIpc) is 3.33. The van der Waals surface area contributed by atoms with E-state index in [9.17, 15) is 4.39 Å². The lowest BCUT2D eigenvalue weighted by molar-refractivity contribution is 0.610. The Morgan fingerprint density at radius 2 is 2.05 bits per heavy atom. The molecule has 0 bridgehead atoms. The van der Waals surface area contributed by atoms with Gasteiger partial charge in [-0.3, -0.25) is 4.98 Å². The van der Waals surface area contributed by atoms with Gasteiger partial charge in [0, 0.05) is 18.0 Å². The number of aromatic nitrogens is 1. The summed E-state index contributed by atoms with van der Waals surface area (Å²) in [7, 11) is 0. The molecule has 1 fully saturated rings. The molecule has 106 valence electrons. The van der Waals surface area contributed by atoms with Crippen LogP contribution in [0.1, 0.15) is 42.4 Å². The van der Waals surface area contributed by atoms with Gasteiger partial charge in [0.15, 0.2) is 0 Å². The zero-order chi connectivity index (χ0) is 15.0. The largest absolute Gasteiger partial charge is 0.263 e. The highest BCUT2D eigenvalue weighted by molar-refractivity contribution is 5.69. The maximum Gasteiger partial charge on any atom is 0.124 e. The lowest BCUT2D eigenvalue weighted by Gasteiger charge is -2.17. The molecule has 0 amide bonds. The highest BCUT2D eigenvalue weighted by atomic mass is 19.1. The first kappa shape index (κ1) is 13.8. The van der Waals surface area contributed by atoms with Crippen LogP contribution < -0.4 is 0 Å². The number of rotatable bonds is 3. The van der Waals surface area contributed by atoms with Gasteiger partial charge in [-0.05, 0) is 66.5 Å². The summed E-state index contributed by atoms with van der Waals surface area (Å²) in [5, 5.41) is 8.99. The first-order valence-electron chi connectivity index (χ1n) is 7.25.